The third kappa shape index (κ3) is 4.75. The molecule has 0 saturated heterocycles. The van der Waals surface area contributed by atoms with Gasteiger partial charge in [-0.15, -0.1) is 0 Å². The lowest BCUT2D eigenvalue weighted by Crippen LogP contribution is -2.21. The number of carbonyl (C=O) groups is 1. The molecule has 17 heavy (non-hydrogen) atoms. The van der Waals surface area contributed by atoms with Crippen molar-refractivity contribution in [2.75, 3.05) is 5.75 Å². The van der Waals surface area contributed by atoms with Gasteiger partial charge >= 0.3 is 0 Å². The van der Waals surface area contributed by atoms with Crippen LogP contribution in [0.3, 0.4) is 0 Å². The van der Waals surface area contributed by atoms with Crippen LogP contribution in [-0.2, 0) is 4.79 Å². The molecule has 3 nitrogen and oxygen atoms in total. The molecule has 1 aromatic carbocycles. The number of aliphatic hydroxyl groups is 2. The maximum atomic E-state index is 13.1. The number of aliphatic hydroxyl groups excluding tert-OH is 2. The van der Waals surface area contributed by atoms with Crippen LogP contribution in [0.15, 0.2) is 22.7 Å². The normalized spacial score (nSPS) is 14.4. The van der Waals surface area contributed by atoms with Crippen LogP contribution in [0.5, 0.6) is 0 Å². The lowest BCUT2D eigenvalue weighted by Gasteiger charge is -2.17. The van der Waals surface area contributed by atoms with Crippen molar-refractivity contribution in [1.82, 2.24) is 0 Å². The molecule has 2 N–H and O–H groups in total. The lowest BCUT2D eigenvalue weighted by atomic mass is 10.1. The number of thioether (sulfide) groups is 1. The summed E-state index contributed by atoms with van der Waals surface area (Å²) in [5.74, 6) is -0.426. The first-order chi connectivity index (χ1) is 7.90. The van der Waals surface area contributed by atoms with E-state index in [1.54, 1.807) is 0 Å². The second kappa shape index (κ2) is 6.49. The molecule has 0 radical (unpaired) electrons. The summed E-state index contributed by atoms with van der Waals surface area (Å²) in [6.07, 6.45) is -2.33. The third-order valence-corrected chi connectivity index (χ3v) is 3.42. The first kappa shape index (κ1) is 14.6. The van der Waals surface area contributed by atoms with Gasteiger partial charge in [0.05, 0.1) is 6.10 Å². The molecule has 0 heterocycles. The SMILES string of the molecule is CC(=O)SCC(O)C(O)c1cc(F)cc(Br)c1. The van der Waals surface area contributed by atoms with Crippen molar-refractivity contribution >= 4 is 32.8 Å². The second-order valence-corrected chi connectivity index (χ2v) is 5.63. The minimum Gasteiger partial charge on any atom is -0.389 e. The standard InChI is InChI=1S/C11H12BrFO3S/c1-6(14)17-5-10(15)11(16)7-2-8(12)4-9(13)3-7/h2-4,10-11,15-16H,5H2,1H3. The van der Waals surface area contributed by atoms with Crippen molar-refractivity contribution in [3.8, 4) is 0 Å². The van der Waals surface area contributed by atoms with Gasteiger partial charge in [-0.3, -0.25) is 4.79 Å². The molecule has 1 aromatic rings. The fourth-order valence-electron chi connectivity index (χ4n) is 1.26. The molecular formula is C11H12BrFO3S. The van der Waals surface area contributed by atoms with E-state index in [0.717, 1.165) is 17.8 Å². The Morgan fingerprint density at radius 3 is 2.65 bits per heavy atom. The van der Waals surface area contributed by atoms with Crippen molar-refractivity contribution in [1.29, 1.82) is 0 Å². The zero-order valence-electron chi connectivity index (χ0n) is 9.06. The zero-order chi connectivity index (χ0) is 13.0. The van der Waals surface area contributed by atoms with E-state index in [4.69, 9.17) is 0 Å². The molecule has 0 aliphatic heterocycles. The van der Waals surface area contributed by atoms with Crippen LogP contribution in [-0.4, -0.2) is 27.2 Å². The van der Waals surface area contributed by atoms with Crippen LogP contribution in [0.25, 0.3) is 0 Å². The molecule has 0 saturated carbocycles. The summed E-state index contributed by atoms with van der Waals surface area (Å²) in [4.78, 5) is 10.7. The molecule has 2 unspecified atom stereocenters. The average molecular weight is 323 g/mol. The van der Waals surface area contributed by atoms with Gasteiger partial charge in [0.2, 0.25) is 0 Å². The Labute approximate surface area is 111 Å². The maximum Gasteiger partial charge on any atom is 0.185 e. The zero-order valence-corrected chi connectivity index (χ0v) is 11.5. The number of benzene rings is 1. The van der Waals surface area contributed by atoms with Crippen LogP contribution in [0.2, 0.25) is 0 Å². The Bertz CT molecular complexity index is 393. The van der Waals surface area contributed by atoms with Gasteiger partial charge in [0.15, 0.2) is 5.12 Å². The highest BCUT2D eigenvalue weighted by Crippen LogP contribution is 2.24. The summed E-state index contributed by atoms with van der Waals surface area (Å²) >= 11 is 4.02. The van der Waals surface area contributed by atoms with Crippen LogP contribution in [0.4, 0.5) is 4.39 Å². The summed E-state index contributed by atoms with van der Waals surface area (Å²) < 4.78 is 13.6. The van der Waals surface area contributed by atoms with E-state index in [-0.39, 0.29) is 16.4 Å². The fraction of sp³-hybridized carbons (Fsp3) is 0.364. The minimum absolute atomic E-state index is 0.0740. The molecule has 94 valence electrons. The van der Waals surface area contributed by atoms with E-state index in [1.807, 2.05) is 0 Å². The Morgan fingerprint density at radius 2 is 2.12 bits per heavy atom. The highest BCUT2D eigenvalue weighted by Gasteiger charge is 2.20. The van der Waals surface area contributed by atoms with E-state index in [2.05, 4.69) is 15.9 Å². The lowest BCUT2D eigenvalue weighted by molar-refractivity contribution is -0.109. The molecular weight excluding hydrogens is 311 g/mol. The molecule has 0 aliphatic carbocycles. The van der Waals surface area contributed by atoms with Crippen LogP contribution in [0.1, 0.15) is 18.6 Å². The Morgan fingerprint density at radius 1 is 1.47 bits per heavy atom. The summed E-state index contributed by atoms with van der Waals surface area (Å²) in [7, 11) is 0. The van der Waals surface area contributed by atoms with E-state index >= 15 is 0 Å². The smallest absolute Gasteiger partial charge is 0.185 e. The van der Waals surface area contributed by atoms with Gasteiger partial charge in [-0.25, -0.2) is 4.39 Å². The van der Waals surface area contributed by atoms with Gasteiger partial charge in [0.25, 0.3) is 0 Å². The highest BCUT2D eigenvalue weighted by molar-refractivity contribution is 9.10. The number of rotatable bonds is 4. The molecule has 6 heteroatoms. The largest absolute Gasteiger partial charge is 0.389 e. The Balaban J connectivity index is 2.73. The van der Waals surface area contributed by atoms with Crippen LogP contribution >= 0.6 is 27.7 Å². The summed E-state index contributed by atoms with van der Waals surface area (Å²) in [5.41, 5.74) is 0.272. The van der Waals surface area contributed by atoms with Crippen molar-refractivity contribution in [3.63, 3.8) is 0 Å². The molecule has 1 rings (SSSR count). The first-order valence-corrected chi connectivity index (χ1v) is 6.63. The molecule has 0 aliphatic rings. The molecule has 0 aromatic heterocycles. The number of hydrogen-bond acceptors (Lipinski definition) is 4. The van der Waals surface area contributed by atoms with E-state index in [1.165, 1.54) is 19.1 Å². The van der Waals surface area contributed by atoms with Crippen LogP contribution < -0.4 is 0 Å². The molecule has 0 spiro atoms. The monoisotopic (exact) mass is 322 g/mol. The van der Waals surface area contributed by atoms with Gasteiger partial charge in [0.1, 0.15) is 11.9 Å². The first-order valence-electron chi connectivity index (χ1n) is 4.85. The van der Waals surface area contributed by atoms with Gasteiger partial charge in [-0.1, -0.05) is 27.7 Å². The Hall–Kier alpha value is -0.430. The van der Waals surface area contributed by atoms with Crippen LogP contribution in [0, 0.1) is 5.82 Å². The predicted octanol–water partition coefficient (Wildman–Crippen LogP) is 2.26. The van der Waals surface area contributed by atoms with Crippen molar-refractivity contribution in [2.24, 2.45) is 0 Å². The second-order valence-electron chi connectivity index (χ2n) is 3.52. The fourth-order valence-corrected chi connectivity index (χ4v) is 2.33. The average Bonchev–Trinajstić information content (AvgIpc) is 2.23. The van der Waals surface area contributed by atoms with E-state index in [9.17, 15) is 19.4 Å². The van der Waals surface area contributed by atoms with Gasteiger partial charge in [-0.05, 0) is 23.8 Å². The molecule has 2 atom stereocenters. The van der Waals surface area contributed by atoms with Crippen molar-refractivity contribution in [2.45, 2.75) is 19.1 Å². The number of hydrogen-bond donors (Lipinski definition) is 2. The minimum atomic E-state index is -1.21. The number of halogens is 2. The van der Waals surface area contributed by atoms with E-state index in [0.29, 0.717) is 4.47 Å². The van der Waals surface area contributed by atoms with Gasteiger partial charge in [-0.2, -0.15) is 0 Å². The van der Waals surface area contributed by atoms with Gasteiger partial charge < -0.3 is 10.2 Å². The summed E-state index contributed by atoms with van der Waals surface area (Å²) in [5, 5.41) is 19.3. The maximum absolute atomic E-state index is 13.1. The number of carbonyl (C=O) groups excluding carboxylic acids is 1. The third-order valence-electron chi connectivity index (χ3n) is 2.05. The molecule has 0 bridgehead atoms. The Kier molecular flexibility index (Phi) is 5.58. The topological polar surface area (TPSA) is 57.5 Å². The summed E-state index contributed by atoms with van der Waals surface area (Å²) in [6, 6.07) is 3.93. The van der Waals surface area contributed by atoms with Crippen molar-refractivity contribution < 1.29 is 19.4 Å². The van der Waals surface area contributed by atoms with Gasteiger partial charge in [0, 0.05) is 17.1 Å². The molecule has 0 fully saturated rings. The van der Waals surface area contributed by atoms with E-state index < -0.39 is 18.0 Å². The molecule has 0 amide bonds. The predicted molar refractivity (Wildman–Crippen MR) is 68.2 cm³/mol. The summed E-state index contributed by atoms with van der Waals surface area (Å²) in [6.45, 7) is 1.38. The highest BCUT2D eigenvalue weighted by atomic mass is 79.9. The quantitative estimate of drug-likeness (QED) is 0.892. The van der Waals surface area contributed by atoms with Crippen molar-refractivity contribution in [3.05, 3.63) is 34.1 Å².